The molecule has 0 bridgehead atoms. The lowest BCUT2D eigenvalue weighted by Crippen LogP contribution is -2.24. The molecule has 3 rings (SSSR count). The molecule has 2 aromatic heterocycles. The van der Waals surface area contributed by atoms with Crippen LogP contribution < -0.4 is 5.32 Å². The number of oxazole rings is 1. The van der Waals surface area contributed by atoms with Gasteiger partial charge in [0.25, 0.3) is 0 Å². The molecule has 0 aliphatic rings. The van der Waals surface area contributed by atoms with Crippen molar-refractivity contribution in [3.63, 3.8) is 0 Å². The van der Waals surface area contributed by atoms with Crippen LogP contribution in [-0.2, 0) is 6.42 Å². The number of aryl methyl sites for hydroxylation is 1. The van der Waals surface area contributed by atoms with Crippen LogP contribution in [0.3, 0.4) is 0 Å². The maximum absolute atomic E-state index is 5.87. The van der Waals surface area contributed by atoms with E-state index in [9.17, 15) is 0 Å². The molecule has 21 heavy (non-hydrogen) atoms. The van der Waals surface area contributed by atoms with Gasteiger partial charge in [-0.3, -0.25) is 0 Å². The number of benzene rings is 1. The molecule has 1 N–H and O–H groups in total. The molecular weight excluding hydrogens is 280 g/mol. The van der Waals surface area contributed by atoms with Crippen LogP contribution in [0.1, 0.15) is 35.7 Å². The standard InChI is InChI=1S/C17H20N2OS/c1-3-9-18-14(17-12(2)8-10-21-17)11-16-19-13-6-4-5-7-15(13)20-16/h4-8,10,14,18H,3,9,11H2,1-2H3. The number of nitrogens with zero attached hydrogens (tertiary/aromatic N) is 1. The summed E-state index contributed by atoms with van der Waals surface area (Å²) in [5.74, 6) is 0.803. The summed E-state index contributed by atoms with van der Waals surface area (Å²) < 4.78 is 5.87. The molecule has 3 nitrogen and oxygen atoms in total. The monoisotopic (exact) mass is 300 g/mol. The fraction of sp³-hybridized carbons (Fsp3) is 0.353. The molecule has 0 saturated heterocycles. The molecule has 0 amide bonds. The molecule has 1 atom stereocenters. The Morgan fingerprint density at radius 3 is 2.86 bits per heavy atom. The zero-order chi connectivity index (χ0) is 14.7. The van der Waals surface area contributed by atoms with Gasteiger partial charge in [-0.05, 0) is 49.0 Å². The molecule has 3 aromatic rings. The maximum atomic E-state index is 5.87. The van der Waals surface area contributed by atoms with Crippen molar-refractivity contribution in [1.29, 1.82) is 0 Å². The van der Waals surface area contributed by atoms with E-state index in [0.717, 1.165) is 36.4 Å². The van der Waals surface area contributed by atoms with Crippen molar-refractivity contribution in [2.45, 2.75) is 32.7 Å². The van der Waals surface area contributed by atoms with Gasteiger partial charge in [-0.25, -0.2) is 4.98 Å². The molecular formula is C17H20N2OS. The van der Waals surface area contributed by atoms with E-state index in [0.29, 0.717) is 0 Å². The first-order valence-corrected chi connectivity index (χ1v) is 8.27. The number of nitrogens with one attached hydrogen (secondary N) is 1. The predicted molar refractivity (Wildman–Crippen MR) is 87.8 cm³/mol. The summed E-state index contributed by atoms with van der Waals surface area (Å²) >= 11 is 1.80. The highest BCUT2D eigenvalue weighted by atomic mass is 32.1. The lowest BCUT2D eigenvalue weighted by Gasteiger charge is -2.16. The van der Waals surface area contributed by atoms with E-state index >= 15 is 0 Å². The first-order valence-electron chi connectivity index (χ1n) is 7.39. The molecule has 1 unspecified atom stereocenters. The van der Waals surface area contributed by atoms with Crippen LogP contribution in [0, 0.1) is 6.92 Å². The highest BCUT2D eigenvalue weighted by molar-refractivity contribution is 7.10. The fourth-order valence-corrected chi connectivity index (χ4v) is 3.50. The van der Waals surface area contributed by atoms with Crippen LogP contribution in [0.4, 0.5) is 0 Å². The van der Waals surface area contributed by atoms with Gasteiger partial charge in [0.2, 0.25) is 0 Å². The summed E-state index contributed by atoms with van der Waals surface area (Å²) in [4.78, 5) is 5.98. The molecule has 0 radical (unpaired) electrons. The molecule has 0 spiro atoms. The molecule has 4 heteroatoms. The third kappa shape index (κ3) is 3.17. The largest absolute Gasteiger partial charge is 0.441 e. The number of fused-ring (bicyclic) bond motifs is 1. The van der Waals surface area contributed by atoms with Crippen molar-refractivity contribution in [3.8, 4) is 0 Å². The Bertz CT molecular complexity index is 683. The molecule has 0 aliphatic heterocycles. The van der Waals surface area contributed by atoms with Gasteiger partial charge >= 0.3 is 0 Å². The number of para-hydroxylation sites is 2. The van der Waals surface area contributed by atoms with Crippen molar-refractivity contribution in [2.75, 3.05) is 6.54 Å². The minimum Gasteiger partial charge on any atom is -0.441 e. The van der Waals surface area contributed by atoms with Crippen molar-refractivity contribution in [3.05, 3.63) is 52.0 Å². The third-order valence-electron chi connectivity index (χ3n) is 3.58. The molecule has 2 heterocycles. The van der Waals surface area contributed by atoms with E-state index in [4.69, 9.17) is 4.42 Å². The molecule has 110 valence electrons. The van der Waals surface area contributed by atoms with E-state index in [1.165, 1.54) is 10.4 Å². The summed E-state index contributed by atoms with van der Waals surface area (Å²) in [6.07, 6.45) is 1.91. The van der Waals surface area contributed by atoms with Gasteiger partial charge in [-0.1, -0.05) is 19.1 Å². The van der Waals surface area contributed by atoms with Crippen molar-refractivity contribution >= 4 is 22.4 Å². The van der Waals surface area contributed by atoms with E-state index < -0.39 is 0 Å². The van der Waals surface area contributed by atoms with E-state index in [2.05, 4.69) is 35.6 Å². The minimum atomic E-state index is 0.276. The van der Waals surface area contributed by atoms with Gasteiger partial charge in [0.15, 0.2) is 11.5 Å². The predicted octanol–water partition coefficient (Wildman–Crippen LogP) is 4.48. The van der Waals surface area contributed by atoms with Crippen LogP contribution >= 0.6 is 11.3 Å². The number of thiophene rings is 1. The number of hydrogen-bond acceptors (Lipinski definition) is 4. The smallest absolute Gasteiger partial charge is 0.197 e. The highest BCUT2D eigenvalue weighted by Crippen LogP contribution is 2.27. The third-order valence-corrected chi connectivity index (χ3v) is 4.71. The van der Waals surface area contributed by atoms with E-state index in [1.54, 1.807) is 11.3 Å². The minimum absolute atomic E-state index is 0.276. The number of aromatic nitrogens is 1. The van der Waals surface area contributed by atoms with Gasteiger partial charge in [-0.15, -0.1) is 11.3 Å². The van der Waals surface area contributed by atoms with Crippen LogP contribution in [0.5, 0.6) is 0 Å². The average Bonchev–Trinajstić information content (AvgIpc) is 3.08. The Morgan fingerprint density at radius 1 is 1.29 bits per heavy atom. The van der Waals surface area contributed by atoms with Gasteiger partial charge in [0, 0.05) is 11.3 Å². The summed E-state index contributed by atoms with van der Waals surface area (Å²) in [7, 11) is 0. The van der Waals surface area contributed by atoms with Crippen LogP contribution in [-0.4, -0.2) is 11.5 Å². The van der Waals surface area contributed by atoms with Gasteiger partial charge in [0.1, 0.15) is 5.52 Å². The summed E-state index contributed by atoms with van der Waals surface area (Å²) in [5.41, 5.74) is 3.14. The lowest BCUT2D eigenvalue weighted by molar-refractivity contribution is 0.456. The van der Waals surface area contributed by atoms with Crippen LogP contribution in [0.25, 0.3) is 11.1 Å². The van der Waals surface area contributed by atoms with Crippen LogP contribution in [0.15, 0.2) is 40.1 Å². The van der Waals surface area contributed by atoms with E-state index in [-0.39, 0.29) is 6.04 Å². The highest BCUT2D eigenvalue weighted by Gasteiger charge is 2.18. The number of rotatable bonds is 6. The Balaban J connectivity index is 1.85. The SMILES string of the molecule is CCCNC(Cc1nc2ccccc2o1)c1sccc1C. The van der Waals surface area contributed by atoms with Gasteiger partial charge in [0.05, 0.1) is 6.04 Å². The average molecular weight is 300 g/mol. The topological polar surface area (TPSA) is 38.1 Å². The van der Waals surface area contributed by atoms with Crippen molar-refractivity contribution in [2.24, 2.45) is 0 Å². The molecule has 0 saturated carbocycles. The zero-order valence-corrected chi connectivity index (χ0v) is 13.2. The summed E-state index contributed by atoms with van der Waals surface area (Å²) in [5, 5.41) is 5.77. The Labute approximate surface area is 129 Å². The van der Waals surface area contributed by atoms with Gasteiger partial charge < -0.3 is 9.73 Å². The second-order valence-electron chi connectivity index (χ2n) is 5.25. The maximum Gasteiger partial charge on any atom is 0.197 e. The Kier molecular flexibility index (Phi) is 4.36. The molecule has 0 fully saturated rings. The Morgan fingerprint density at radius 2 is 2.14 bits per heavy atom. The van der Waals surface area contributed by atoms with Crippen LogP contribution in [0.2, 0.25) is 0 Å². The molecule has 1 aromatic carbocycles. The van der Waals surface area contributed by atoms with Crippen molar-refractivity contribution < 1.29 is 4.42 Å². The van der Waals surface area contributed by atoms with E-state index in [1.807, 2.05) is 24.3 Å². The normalized spacial score (nSPS) is 12.9. The summed E-state index contributed by atoms with van der Waals surface area (Å²) in [6.45, 7) is 5.35. The Hall–Kier alpha value is -1.65. The zero-order valence-electron chi connectivity index (χ0n) is 12.4. The number of hydrogen-bond donors (Lipinski definition) is 1. The second-order valence-corrected chi connectivity index (χ2v) is 6.20. The first-order chi connectivity index (χ1) is 10.3. The molecule has 0 aliphatic carbocycles. The summed E-state index contributed by atoms with van der Waals surface area (Å²) in [6, 6.07) is 10.4. The fourth-order valence-electron chi connectivity index (χ4n) is 2.50. The van der Waals surface area contributed by atoms with Gasteiger partial charge in [-0.2, -0.15) is 0 Å². The quantitative estimate of drug-likeness (QED) is 0.729. The van der Waals surface area contributed by atoms with Crippen molar-refractivity contribution in [1.82, 2.24) is 10.3 Å². The first kappa shape index (κ1) is 14.3. The lowest BCUT2D eigenvalue weighted by atomic mass is 10.1. The second kappa shape index (κ2) is 6.41.